The van der Waals surface area contributed by atoms with Crippen LogP contribution in [-0.2, 0) is 9.47 Å². The van der Waals surface area contributed by atoms with Crippen molar-refractivity contribution in [2.24, 2.45) is 0 Å². The molecule has 126 valence electrons. The van der Waals surface area contributed by atoms with Crippen LogP contribution in [0.1, 0.15) is 20.9 Å². The molecule has 0 saturated heterocycles. The molecule has 0 radical (unpaired) electrons. The smallest absolute Gasteiger partial charge is 0.426 e. The standard InChI is InChI=1S/C16H16N2O6/c1-22-8-9-23-16(21)18-17-15(20)13-5-3-2-4-12(13)14-7-6-11(10-19)24-14/h2-7,10H,8-9H2,1H3,(H,17,20)(H,18,21). The van der Waals surface area contributed by atoms with Crippen LogP contribution in [0.5, 0.6) is 0 Å². The van der Waals surface area contributed by atoms with Gasteiger partial charge in [-0.05, 0) is 18.2 Å². The minimum atomic E-state index is -0.806. The van der Waals surface area contributed by atoms with E-state index < -0.39 is 12.0 Å². The lowest BCUT2D eigenvalue weighted by molar-refractivity contribution is 0.0849. The fourth-order valence-electron chi connectivity index (χ4n) is 1.89. The number of hydrogen-bond acceptors (Lipinski definition) is 6. The molecule has 0 aliphatic heterocycles. The highest BCUT2D eigenvalue weighted by molar-refractivity contribution is 6.00. The summed E-state index contributed by atoms with van der Waals surface area (Å²) >= 11 is 0. The number of furan rings is 1. The maximum atomic E-state index is 12.2. The zero-order valence-electron chi connectivity index (χ0n) is 12.9. The molecule has 0 saturated carbocycles. The summed E-state index contributed by atoms with van der Waals surface area (Å²) in [6.45, 7) is 0.317. The second-order valence-electron chi connectivity index (χ2n) is 4.57. The molecular weight excluding hydrogens is 316 g/mol. The molecule has 2 rings (SSSR count). The van der Waals surface area contributed by atoms with Gasteiger partial charge < -0.3 is 13.9 Å². The molecule has 1 aromatic heterocycles. The second kappa shape index (κ2) is 8.49. The number of aldehydes is 1. The van der Waals surface area contributed by atoms with E-state index in [0.717, 1.165) is 0 Å². The number of benzene rings is 1. The third-order valence-corrected chi connectivity index (χ3v) is 2.98. The van der Waals surface area contributed by atoms with Crippen molar-refractivity contribution in [2.45, 2.75) is 0 Å². The van der Waals surface area contributed by atoms with Gasteiger partial charge in [0.15, 0.2) is 12.0 Å². The van der Waals surface area contributed by atoms with Crippen LogP contribution in [0.2, 0.25) is 0 Å². The van der Waals surface area contributed by atoms with E-state index in [0.29, 0.717) is 17.6 Å². The van der Waals surface area contributed by atoms with Gasteiger partial charge in [-0.1, -0.05) is 18.2 Å². The first-order valence-electron chi connectivity index (χ1n) is 7.02. The quantitative estimate of drug-likeness (QED) is 0.474. The van der Waals surface area contributed by atoms with Gasteiger partial charge >= 0.3 is 6.09 Å². The number of rotatable bonds is 6. The summed E-state index contributed by atoms with van der Waals surface area (Å²) in [5.74, 6) is -0.0380. The molecule has 0 atom stereocenters. The molecule has 0 aliphatic rings. The summed E-state index contributed by atoms with van der Waals surface area (Å²) in [5.41, 5.74) is 5.12. The molecule has 1 aromatic carbocycles. The predicted octanol–water partition coefficient (Wildman–Crippen LogP) is 1.78. The molecule has 0 spiro atoms. The van der Waals surface area contributed by atoms with E-state index in [1.165, 1.54) is 13.2 Å². The molecule has 0 bridgehead atoms. The first-order chi connectivity index (χ1) is 11.7. The molecule has 1 heterocycles. The Labute approximate surface area is 137 Å². The van der Waals surface area contributed by atoms with Crippen LogP contribution >= 0.6 is 0 Å². The first kappa shape index (κ1) is 17.2. The lowest BCUT2D eigenvalue weighted by atomic mass is 10.1. The van der Waals surface area contributed by atoms with E-state index >= 15 is 0 Å². The van der Waals surface area contributed by atoms with Gasteiger partial charge in [0.1, 0.15) is 12.4 Å². The van der Waals surface area contributed by atoms with Crippen molar-refractivity contribution in [2.75, 3.05) is 20.3 Å². The van der Waals surface area contributed by atoms with E-state index in [4.69, 9.17) is 13.9 Å². The Morgan fingerprint density at radius 2 is 1.92 bits per heavy atom. The number of carbonyl (C=O) groups excluding carboxylic acids is 3. The number of ether oxygens (including phenoxy) is 2. The van der Waals surface area contributed by atoms with E-state index in [1.54, 1.807) is 30.3 Å². The number of methoxy groups -OCH3 is 1. The van der Waals surface area contributed by atoms with Crippen molar-refractivity contribution in [1.82, 2.24) is 10.9 Å². The van der Waals surface area contributed by atoms with Crippen LogP contribution in [0, 0.1) is 0 Å². The average Bonchev–Trinajstić information content (AvgIpc) is 3.09. The summed E-state index contributed by atoms with van der Waals surface area (Å²) in [5, 5.41) is 0. The molecule has 0 unspecified atom stereocenters. The maximum absolute atomic E-state index is 12.2. The topological polar surface area (TPSA) is 107 Å². The van der Waals surface area contributed by atoms with Crippen molar-refractivity contribution in [1.29, 1.82) is 0 Å². The van der Waals surface area contributed by atoms with Gasteiger partial charge in [0, 0.05) is 12.7 Å². The molecule has 8 nitrogen and oxygen atoms in total. The van der Waals surface area contributed by atoms with E-state index in [-0.39, 0.29) is 24.5 Å². The number of hydrazine groups is 1. The van der Waals surface area contributed by atoms with Crippen LogP contribution in [-0.4, -0.2) is 38.6 Å². The summed E-state index contributed by atoms with van der Waals surface area (Å²) in [7, 11) is 1.48. The number of nitrogens with one attached hydrogen (secondary N) is 2. The van der Waals surface area contributed by atoms with Crippen molar-refractivity contribution >= 4 is 18.3 Å². The summed E-state index contributed by atoms with van der Waals surface area (Å²) in [4.78, 5) is 34.3. The zero-order chi connectivity index (χ0) is 17.4. The first-order valence-corrected chi connectivity index (χ1v) is 7.02. The fraction of sp³-hybridized carbons (Fsp3) is 0.188. The lowest BCUT2D eigenvalue weighted by Gasteiger charge is -2.10. The Morgan fingerprint density at radius 1 is 1.12 bits per heavy atom. The molecule has 24 heavy (non-hydrogen) atoms. The van der Waals surface area contributed by atoms with Gasteiger partial charge in [0.05, 0.1) is 12.2 Å². The SMILES string of the molecule is COCCOC(=O)NNC(=O)c1ccccc1-c1ccc(C=O)o1. The Balaban J connectivity index is 2.04. The molecule has 0 aliphatic carbocycles. The van der Waals surface area contributed by atoms with Gasteiger partial charge in [-0.15, -0.1) is 0 Å². The Bertz CT molecular complexity index is 725. The van der Waals surface area contributed by atoms with E-state index in [2.05, 4.69) is 10.9 Å². The van der Waals surface area contributed by atoms with Crippen molar-refractivity contribution < 1.29 is 28.3 Å². The maximum Gasteiger partial charge on any atom is 0.426 e. The third-order valence-electron chi connectivity index (χ3n) is 2.98. The number of carbonyl (C=O) groups is 3. The van der Waals surface area contributed by atoms with Gasteiger partial charge in [-0.25, -0.2) is 10.2 Å². The number of amides is 2. The van der Waals surface area contributed by atoms with Gasteiger partial charge in [-0.2, -0.15) is 0 Å². The van der Waals surface area contributed by atoms with Crippen LogP contribution in [0.15, 0.2) is 40.8 Å². The van der Waals surface area contributed by atoms with Gasteiger partial charge in [0.2, 0.25) is 0 Å². The van der Waals surface area contributed by atoms with Crippen molar-refractivity contribution in [3.63, 3.8) is 0 Å². The highest BCUT2D eigenvalue weighted by Crippen LogP contribution is 2.25. The van der Waals surface area contributed by atoms with Crippen LogP contribution in [0.25, 0.3) is 11.3 Å². The Hall–Kier alpha value is -3.13. The van der Waals surface area contributed by atoms with E-state index in [9.17, 15) is 14.4 Å². The lowest BCUT2D eigenvalue weighted by Crippen LogP contribution is -2.42. The highest BCUT2D eigenvalue weighted by Gasteiger charge is 2.15. The summed E-state index contributed by atoms with van der Waals surface area (Å²) < 4.78 is 14.8. The van der Waals surface area contributed by atoms with Crippen LogP contribution in [0.3, 0.4) is 0 Å². The number of hydrogen-bond donors (Lipinski definition) is 2. The second-order valence-corrected chi connectivity index (χ2v) is 4.57. The molecule has 2 amide bonds. The van der Waals surface area contributed by atoms with E-state index in [1.807, 2.05) is 0 Å². The van der Waals surface area contributed by atoms with Crippen LogP contribution in [0.4, 0.5) is 4.79 Å². The van der Waals surface area contributed by atoms with Crippen molar-refractivity contribution in [3.8, 4) is 11.3 Å². The van der Waals surface area contributed by atoms with Crippen molar-refractivity contribution in [3.05, 3.63) is 47.7 Å². The average molecular weight is 332 g/mol. The van der Waals surface area contributed by atoms with Crippen LogP contribution < -0.4 is 10.9 Å². The summed E-state index contributed by atoms with van der Waals surface area (Å²) in [6.07, 6.45) is -0.233. The molecule has 2 N–H and O–H groups in total. The minimum Gasteiger partial charge on any atom is -0.453 e. The monoisotopic (exact) mass is 332 g/mol. The molecule has 0 fully saturated rings. The summed E-state index contributed by atoms with van der Waals surface area (Å²) in [6, 6.07) is 9.70. The fourth-order valence-corrected chi connectivity index (χ4v) is 1.89. The zero-order valence-corrected chi connectivity index (χ0v) is 12.9. The van der Waals surface area contributed by atoms with Gasteiger partial charge in [0.25, 0.3) is 5.91 Å². The largest absolute Gasteiger partial charge is 0.453 e. The molecular formula is C16H16N2O6. The third kappa shape index (κ3) is 4.43. The highest BCUT2D eigenvalue weighted by atomic mass is 16.6. The normalized spacial score (nSPS) is 10.0. The molecule has 8 heteroatoms. The minimum absolute atomic E-state index is 0.0651. The Kier molecular flexibility index (Phi) is 6.09. The predicted molar refractivity (Wildman–Crippen MR) is 83.4 cm³/mol. The molecule has 2 aromatic rings. The van der Waals surface area contributed by atoms with Gasteiger partial charge in [-0.3, -0.25) is 15.0 Å². The Morgan fingerprint density at radius 3 is 2.62 bits per heavy atom.